The van der Waals surface area contributed by atoms with Crippen LogP contribution >= 0.6 is 11.6 Å². The van der Waals surface area contributed by atoms with E-state index in [0.717, 1.165) is 22.4 Å². The van der Waals surface area contributed by atoms with E-state index in [1.54, 1.807) is 34.2 Å². The molecule has 0 radical (unpaired) electrons. The van der Waals surface area contributed by atoms with Gasteiger partial charge in [-0.25, -0.2) is 4.98 Å². The van der Waals surface area contributed by atoms with E-state index in [0.29, 0.717) is 23.1 Å². The van der Waals surface area contributed by atoms with Gasteiger partial charge in [-0.2, -0.15) is 5.10 Å². The number of carbonyl (C=O) groups is 1. The van der Waals surface area contributed by atoms with Crippen molar-refractivity contribution >= 4 is 23.3 Å². The molecule has 0 aliphatic carbocycles. The molecule has 0 N–H and O–H groups in total. The number of nitrogens with zero attached hydrogens (tertiary/aromatic N) is 5. The molecule has 1 aliphatic rings. The minimum Gasteiger partial charge on any atom is -0.289 e. The normalized spacial score (nSPS) is 16.7. The van der Waals surface area contributed by atoms with E-state index < -0.39 is 0 Å². The van der Waals surface area contributed by atoms with Crippen molar-refractivity contribution in [2.45, 2.75) is 26.8 Å². The SMILES string of the molecule is Cc1cc(-c2cnn3c2C(=O)N(c2cc(Cl)c(C)cn2)C[C@@H]3C)ccn1. The van der Waals surface area contributed by atoms with Crippen molar-refractivity contribution in [2.75, 3.05) is 11.4 Å². The molecule has 4 heterocycles. The Bertz CT molecular complexity index is 1010. The Kier molecular flexibility index (Phi) is 4.00. The molecule has 7 heteroatoms. The highest BCUT2D eigenvalue weighted by molar-refractivity contribution is 6.31. The molecule has 4 rings (SSSR count). The van der Waals surface area contributed by atoms with Gasteiger partial charge in [0.2, 0.25) is 0 Å². The van der Waals surface area contributed by atoms with Crippen molar-refractivity contribution in [3.8, 4) is 11.1 Å². The molecule has 0 unspecified atom stereocenters. The van der Waals surface area contributed by atoms with Crippen LogP contribution in [0.3, 0.4) is 0 Å². The lowest BCUT2D eigenvalue weighted by Crippen LogP contribution is -2.43. The largest absolute Gasteiger partial charge is 0.289 e. The molecule has 1 aliphatic heterocycles. The zero-order valence-electron chi connectivity index (χ0n) is 14.8. The first-order valence-corrected chi connectivity index (χ1v) is 8.78. The van der Waals surface area contributed by atoms with Crippen LogP contribution in [0.1, 0.15) is 34.7 Å². The summed E-state index contributed by atoms with van der Waals surface area (Å²) in [6.45, 7) is 6.34. The van der Waals surface area contributed by atoms with Crippen molar-refractivity contribution in [3.63, 3.8) is 0 Å². The molecular weight excluding hydrogens is 350 g/mol. The summed E-state index contributed by atoms with van der Waals surface area (Å²) in [7, 11) is 0. The summed E-state index contributed by atoms with van der Waals surface area (Å²) in [5.41, 5.74) is 4.06. The van der Waals surface area contributed by atoms with Crippen LogP contribution in [-0.4, -0.2) is 32.2 Å². The van der Waals surface area contributed by atoms with E-state index in [1.165, 1.54) is 0 Å². The fraction of sp³-hybridized carbons (Fsp3) is 0.263. The first-order valence-electron chi connectivity index (χ1n) is 8.40. The quantitative estimate of drug-likeness (QED) is 0.690. The molecule has 3 aromatic heterocycles. The van der Waals surface area contributed by atoms with Crippen LogP contribution in [-0.2, 0) is 0 Å². The van der Waals surface area contributed by atoms with Gasteiger partial charge in [0, 0.05) is 41.3 Å². The van der Waals surface area contributed by atoms with Crippen LogP contribution < -0.4 is 4.90 Å². The van der Waals surface area contributed by atoms with Gasteiger partial charge in [-0.05, 0) is 44.0 Å². The second-order valence-electron chi connectivity index (χ2n) is 6.59. The van der Waals surface area contributed by atoms with E-state index in [4.69, 9.17) is 11.6 Å². The summed E-state index contributed by atoms with van der Waals surface area (Å²) in [6.07, 6.45) is 5.18. The summed E-state index contributed by atoms with van der Waals surface area (Å²) in [5, 5.41) is 5.05. The average molecular weight is 368 g/mol. The lowest BCUT2D eigenvalue weighted by atomic mass is 10.0. The van der Waals surface area contributed by atoms with Crippen LogP contribution in [0.25, 0.3) is 11.1 Å². The van der Waals surface area contributed by atoms with Gasteiger partial charge in [0.15, 0.2) is 0 Å². The van der Waals surface area contributed by atoms with Crippen molar-refractivity contribution < 1.29 is 4.79 Å². The Hall–Kier alpha value is -2.73. The van der Waals surface area contributed by atoms with Crippen molar-refractivity contribution in [1.82, 2.24) is 19.7 Å². The fourth-order valence-electron chi connectivity index (χ4n) is 3.22. The van der Waals surface area contributed by atoms with Gasteiger partial charge in [0.25, 0.3) is 5.91 Å². The highest BCUT2D eigenvalue weighted by Gasteiger charge is 2.34. The molecule has 6 nitrogen and oxygen atoms in total. The first kappa shape index (κ1) is 16.7. The molecular formula is C19H18ClN5O. The maximum atomic E-state index is 13.3. The molecule has 0 fully saturated rings. The Balaban J connectivity index is 1.82. The zero-order chi connectivity index (χ0) is 18.4. The van der Waals surface area contributed by atoms with Gasteiger partial charge in [0.05, 0.1) is 12.2 Å². The first-order chi connectivity index (χ1) is 12.5. The van der Waals surface area contributed by atoms with Gasteiger partial charge >= 0.3 is 0 Å². The number of amides is 1. The summed E-state index contributed by atoms with van der Waals surface area (Å²) < 4.78 is 1.79. The number of hydrogen-bond donors (Lipinski definition) is 0. The third-order valence-corrected chi connectivity index (χ3v) is 5.02. The third-order valence-electron chi connectivity index (χ3n) is 4.61. The highest BCUT2D eigenvalue weighted by Crippen LogP contribution is 2.33. The number of pyridine rings is 2. The second-order valence-corrected chi connectivity index (χ2v) is 7.00. The maximum absolute atomic E-state index is 13.3. The molecule has 0 spiro atoms. The summed E-state index contributed by atoms with van der Waals surface area (Å²) in [6, 6.07) is 5.61. The van der Waals surface area contributed by atoms with E-state index in [1.807, 2.05) is 32.9 Å². The number of aryl methyl sites for hydroxylation is 2. The second kappa shape index (κ2) is 6.21. The van der Waals surface area contributed by atoms with Crippen molar-refractivity contribution in [3.05, 3.63) is 58.8 Å². The predicted molar refractivity (Wildman–Crippen MR) is 101 cm³/mol. The van der Waals surface area contributed by atoms with Gasteiger partial charge in [-0.15, -0.1) is 0 Å². The Morgan fingerprint density at radius 1 is 1.19 bits per heavy atom. The number of anilines is 1. The topological polar surface area (TPSA) is 63.9 Å². The van der Waals surface area contributed by atoms with Gasteiger partial charge in [-0.1, -0.05) is 11.6 Å². The fourth-order valence-corrected chi connectivity index (χ4v) is 3.37. The Labute approximate surface area is 156 Å². The lowest BCUT2D eigenvalue weighted by molar-refractivity contribution is 0.0953. The predicted octanol–water partition coefficient (Wildman–Crippen LogP) is 3.83. The van der Waals surface area contributed by atoms with Crippen molar-refractivity contribution in [1.29, 1.82) is 0 Å². The van der Waals surface area contributed by atoms with Crippen LogP contribution in [0.15, 0.2) is 36.8 Å². The molecule has 132 valence electrons. The molecule has 26 heavy (non-hydrogen) atoms. The number of carbonyl (C=O) groups excluding carboxylic acids is 1. The minimum atomic E-state index is -0.127. The number of fused-ring (bicyclic) bond motifs is 1. The molecule has 1 atom stereocenters. The molecule has 0 saturated carbocycles. The van der Waals surface area contributed by atoms with E-state index >= 15 is 0 Å². The number of aromatic nitrogens is 4. The zero-order valence-corrected chi connectivity index (χ0v) is 15.5. The molecule has 1 amide bonds. The third kappa shape index (κ3) is 2.66. The Morgan fingerprint density at radius 3 is 2.73 bits per heavy atom. The highest BCUT2D eigenvalue weighted by atomic mass is 35.5. The van der Waals surface area contributed by atoms with E-state index in [-0.39, 0.29) is 11.9 Å². The summed E-state index contributed by atoms with van der Waals surface area (Å²) in [5.74, 6) is 0.430. The van der Waals surface area contributed by atoms with E-state index in [2.05, 4.69) is 15.1 Å². The monoisotopic (exact) mass is 367 g/mol. The minimum absolute atomic E-state index is 0.0289. The van der Waals surface area contributed by atoms with Crippen LogP contribution in [0.2, 0.25) is 5.02 Å². The summed E-state index contributed by atoms with van der Waals surface area (Å²) in [4.78, 5) is 23.6. The van der Waals surface area contributed by atoms with E-state index in [9.17, 15) is 4.79 Å². The lowest BCUT2D eigenvalue weighted by Gasteiger charge is -2.31. The van der Waals surface area contributed by atoms with Crippen LogP contribution in [0, 0.1) is 13.8 Å². The maximum Gasteiger partial charge on any atom is 0.278 e. The molecule has 3 aromatic rings. The molecule has 0 saturated heterocycles. The standard InChI is InChI=1S/C19H18ClN5O/c1-11-8-22-17(7-16(11)20)24-10-13(3)25-18(19(24)26)15(9-23-25)14-4-5-21-12(2)6-14/h4-9,13H,10H2,1-3H3/t13-/m0/s1. The van der Waals surface area contributed by atoms with Gasteiger partial charge in [0.1, 0.15) is 11.5 Å². The van der Waals surface area contributed by atoms with Crippen LogP contribution in [0.5, 0.6) is 0 Å². The average Bonchev–Trinajstić information content (AvgIpc) is 3.06. The number of halogens is 1. The number of rotatable bonds is 2. The van der Waals surface area contributed by atoms with Gasteiger partial charge < -0.3 is 0 Å². The Morgan fingerprint density at radius 2 is 2.00 bits per heavy atom. The molecule has 0 bridgehead atoms. The smallest absolute Gasteiger partial charge is 0.278 e. The molecule has 0 aromatic carbocycles. The number of hydrogen-bond acceptors (Lipinski definition) is 4. The van der Waals surface area contributed by atoms with Crippen LogP contribution in [0.4, 0.5) is 5.82 Å². The summed E-state index contributed by atoms with van der Waals surface area (Å²) >= 11 is 6.24. The van der Waals surface area contributed by atoms with Crippen molar-refractivity contribution in [2.24, 2.45) is 0 Å². The van der Waals surface area contributed by atoms with Gasteiger partial charge in [-0.3, -0.25) is 19.4 Å².